The van der Waals surface area contributed by atoms with E-state index < -0.39 is 0 Å². The summed E-state index contributed by atoms with van der Waals surface area (Å²) < 4.78 is 6.13. The van der Waals surface area contributed by atoms with E-state index in [4.69, 9.17) is 4.74 Å². The van der Waals surface area contributed by atoms with Gasteiger partial charge in [-0.15, -0.1) is 0 Å². The maximum absolute atomic E-state index is 12.9. The monoisotopic (exact) mass is 401 g/mol. The lowest BCUT2D eigenvalue weighted by Crippen LogP contribution is -2.40. The van der Waals surface area contributed by atoms with E-state index in [9.17, 15) is 14.4 Å². The molecule has 1 spiro atoms. The Labute approximate surface area is 172 Å². The minimum Gasteiger partial charge on any atom is -0.492 e. The van der Waals surface area contributed by atoms with Crippen molar-refractivity contribution in [1.82, 2.24) is 15.5 Å². The molecule has 1 aromatic rings. The van der Waals surface area contributed by atoms with Crippen LogP contribution in [0.25, 0.3) is 0 Å². The van der Waals surface area contributed by atoms with Gasteiger partial charge in [0.1, 0.15) is 5.75 Å². The Bertz CT molecular complexity index is 787. The zero-order valence-electron chi connectivity index (χ0n) is 17.5. The number of ether oxygens (including phenoxy) is 1. The number of fused-ring (bicyclic) bond motifs is 4. The van der Waals surface area contributed by atoms with Gasteiger partial charge in [0.2, 0.25) is 12.3 Å². The molecule has 2 N–H and O–H groups in total. The van der Waals surface area contributed by atoms with Crippen molar-refractivity contribution in [1.29, 1.82) is 0 Å². The number of benzene rings is 1. The predicted octanol–water partition coefficient (Wildman–Crippen LogP) is 2.12. The standard InChI is InChI=1S/C20H25N3O4.C2H6/c1-13(2-5-17(25)22-12-24)23-10-15-14(19(23)26)3-4-16-18(15)27-11-20(16)6-8-21-9-7-20;1-2/h3-4,12-13,21H,2,5-11H2,1H3,(H,22,24,25);1-2H3. The molecule has 158 valence electrons. The second kappa shape index (κ2) is 8.95. The lowest BCUT2D eigenvalue weighted by molar-refractivity contribution is -0.125. The third-order valence-corrected chi connectivity index (χ3v) is 6.25. The van der Waals surface area contributed by atoms with Gasteiger partial charge in [0.05, 0.1) is 13.2 Å². The van der Waals surface area contributed by atoms with Gasteiger partial charge >= 0.3 is 0 Å². The fourth-order valence-corrected chi connectivity index (χ4v) is 4.56. The van der Waals surface area contributed by atoms with E-state index >= 15 is 0 Å². The molecule has 7 heteroatoms. The van der Waals surface area contributed by atoms with Crippen molar-refractivity contribution in [3.05, 3.63) is 28.8 Å². The van der Waals surface area contributed by atoms with Crippen molar-refractivity contribution in [3.8, 4) is 5.75 Å². The van der Waals surface area contributed by atoms with Crippen LogP contribution in [-0.4, -0.2) is 48.9 Å². The number of carbonyl (C=O) groups is 3. The summed E-state index contributed by atoms with van der Waals surface area (Å²) in [7, 11) is 0. The van der Waals surface area contributed by atoms with Gasteiger partial charge in [-0.1, -0.05) is 19.9 Å². The minimum absolute atomic E-state index is 0.00837. The van der Waals surface area contributed by atoms with Crippen LogP contribution in [0.3, 0.4) is 0 Å². The Kier molecular flexibility index (Phi) is 6.57. The number of piperidine rings is 1. The van der Waals surface area contributed by atoms with E-state index in [0.29, 0.717) is 31.5 Å². The van der Waals surface area contributed by atoms with Gasteiger partial charge in [-0.25, -0.2) is 0 Å². The lowest BCUT2D eigenvalue weighted by Gasteiger charge is -2.32. The van der Waals surface area contributed by atoms with Gasteiger partial charge in [0.15, 0.2) is 0 Å². The quantitative estimate of drug-likeness (QED) is 0.738. The van der Waals surface area contributed by atoms with E-state index in [2.05, 4.69) is 16.7 Å². The summed E-state index contributed by atoms with van der Waals surface area (Å²) in [4.78, 5) is 36.5. The largest absolute Gasteiger partial charge is 0.492 e. The molecule has 3 aliphatic heterocycles. The topological polar surface area (TPSA) is 87.7 Å². The molecule has 29 heavy (non-hydrogen) atoms. The SMILES string of the molecule is CC.CC(CCC(=O)NC=O)N1Cc2c(ccc3c2OCC32CCNCC2)C1=O. The van der Waals surface area contributed by atoms with Crippen LogP contribution in [0.4, 0.5) is 0 Å². The van der Waals surface area contributed by atoms with E-state index in [1.165, 1.54) is 5.56 Å². The first-order chi connectivity index (χ1) is 14.1. The molecule has 0 aliphatic carbocycles. The zero-order valence-corrected chi connectivity index (χ0v) is 17.5. The molecular formula is C22H31N3O4. The number of hydrogen-bond acceptors (Lipinski definition) is 5. The van der Waals surface area contributed by atoms with Gasteiger partial charge in [-0.3, -0.25) is 19.7 Å². The molecule has 1 atom stereocenters. The molecule has 0 bridgehead atoms. The minimum atomic E-state index is -0.321. The first-order valence-corrected chi connectivity index (χ1v) is 10.6. The van der Waals surface area contributed by atoms with Crippen LogP contribution >= 0.6 is 0 Å². The predicted molar refractivity (Wildman–Crippen MR) is 110 cm³/mol. The van der Waals surface area contributed by atoms with Crippen LogP contribution in [0.5, 0.6) is 5.75 Å². The average Bonchev–Trinajstić information content (AvgIpc) is 3.27. The maximum Gasteiger partial charge on any atom is 0.254 e. The number of nitrogens with zero attached hydrogens (tertiary/aromatic N) is 1. The molecule has 3 aliphatic rings. The first kappa shape index (κ1) is 21.3. The number of nitrogens with one attached hydrogen (secondary N) is 2. The first-order valence-electron chi connectivity index (χ1n) is 10.6. The summed E-state index contributed by atoms with van der Waals surface area (Å²) in [6.45, 7) is 9.13. The Hall–Kier alpha value is -2.41. The maximum atomic E-state index is 12.9. The van der Waals surface area contributed by atoms with E-state index in [-0.39, 0.29) is 29.7 Å². The second-order valence-corrected chi connectivity index (χ2v) is 7.79. The fourth-order valence-electron chi connectivity index (χ4n) is 4.56. The molecule has 3 amide bonds. The molecule has 4 rings (SSSR count). The van der Waals surface area contributed by atoms with Gasteiger partial charge in [-0.2, -0.15) is 0 Å². The number of imide groups is 1. The van der Waals surface area contributed by atoms with Crippen LogP contribution < -0.4 is 15.4 Å². The van der Waals surface area contributed by atoms with E-state index in [0.717, 1.165) is 37.2 Å². The lowest BCUT2D eigenvalue weighted by atomic mass is 9.74. The van der Waals surface area contributed by atoms with Gasteiger partial charge in [0, 0.05) is 34.6 Å². The Balaban J connectivity index is 0.00000117. The summed E-state index contributed by atoms with van der Waals surface area (Å²) in [6, 6.07) is 3.93. The normalized spacial score (nSPS) is 19.6. The molecule has 1 fully saturated rings. The summed E-state index contributed by atoms with van der Waals surface area (Å²) in [6.07, 6.45) is 3.22. The number of rotatable bonds is 5. The highest BCUT2D eigenvalue weighted by molar-refractivity contribution is 5.99. The Morgan fingerprint density at radius 3 is 2.76 bits per heavy atom. The van der Waals surface area contributed by atoms with Crippen LogP contribution in [0.2, 0.25) is 0 Å². The van der Waals surface area contributed by atoms with Crippen molar-refractivity contribution in [2.75, 3.05) is 19.7 Å². The molecule has 3 heterocycles. The van der Waals surface area contributed by atoms with Crippen molar-refractivity contribution < 1.29 is 19.1 Å². The van der Waals surface area contributed by atoms with Gasteiger partial charge in [-0.05, 0) is 45.3 Å². The smallest absolute Gasteiger partial charge is 0.254 e. The molecule has 1 saturated heterocycles. The van der Waals surface area contributed by atoms with Crippen molar-refractivity contribution >= 4 is 18.2 Å². The third-order valence-electron chi connectivity index (χ3n) is 6.25. The summed E-state index contributed by atoms with van der Waals surface area (Å²) in [5, 5.41) is 5.55. The molecule has 1 unspecified atom stereocenters. The summed E-state index contributed by atoms with van der Waals surface area (Å²) >= 11 is 0. The third kappa shape index (κ3) is 3.88. The highest BCUT2D eigenvalue weighted by Crippen LogP contribution is 2.48. The molecule has 0 radical (unpaired) electrons. The van der Waals surface area contributed by atoms with Crippen LogP contribution in [0.15, 0.2) is 12.1 Å². The van der Waals surface area contributed by atoms with Crippen molar-refractivity contribution in [2.45, 2.75) is 64.5 Å². The molecule has 0 aromatic heterocycles. The number of amides is 3. The number of carbonyl (C=O) groups excluding carboxylic acids is 3. The number of hydrogen-bond donors (Lipinski definition) is 2. The fraction of sp³-hybridized carbons (Fsp3) is 0.591. The van der Waals surface area contributed by atoms with E-state index in [1.807, 2.05) is 26.8 Å². The molecule has 0 saturated carbocycles. The molecular weight excluding hydrogens is 370 g/mol. The highest BCUT2D eigenvalue weighted by Gasteiger charge is 2.45. The van der Waals surface area contributed by atoms with Crippen molar-refractivity contribution in [2.24, 2.45) is 0 Å². The van der Waals surface area contributed by atoms with E-state index in [1.54, 1.807) is 4.90 Å². The second-order valence-electron chi connectivity index (χ2n) is 7.79. The van der Waals surface area contributed by atoms with Crippen LogP contribution in [0.1, 0.15) is 67.9 Å². The zero-order chi connectivity index (χ0) is 21.0. The van der Waals surface area contributed by atoms with Crippen LogP contribution in [0, 0.1) is 0 Å². The van der Waals surface area contributed by atoms with Gasteiger partial charge < -0.3 is 15.0 Å². The average molecular weight is 402 g/mol. The Morgan fingerprint density at radius 2 is 2.07 bits per heavy atom. The van der Waals surface area contributed by atoms with Gasteiger partial charge in [0.25, 0.3) is 5.91 Å². The highest BCUT2D eigenvalue weighted by atomic mass is 16.5. The van der Waals surface area contributed by atoms with Crippen LogP contribution in [-0.2, 0) is 21.5 Å². The molecule has 7 nitrogen and oxygen atoms in total. The van der Waals surface area contributed by atoms with Crippen molar-refractivity contribution in [3.63, 3.8) is 0 Å². The molecule has 1 aromatic carbocycles. The Morgan fingerprint density at radius 1 is 1.34 bits per heavy atom. The summed E-state index contributed by atoms with van der Waals surface area (Å²) in [5.41, 5.74) is 3.02. The summed E-state index contributed by atoms with van der Waals surface area (Å²) in [5.74, 6) is 0.570.